The van der Waals surface area contributed by atoms with Gasteiger partial charge in [-0.2, -0.15) is 11.8 Å². The van der Waals surface area contributed by atoms with Crippen LogP contribution in [0.3, 0.4) is 0 Å². The molecule has 0 spiro atoms. The van der Waals surface area contributed by atoms with E-state index in [9.17, 15) is 5.11 Å². The summed E-state index contributed by atoms with van der Waals surface area (Å²) in [5.41, 5.74) is 0. The number of aliphatic hydroxyl groups is 1. The van der Waals surface area contributed by atoms with Gasteiger partial charge in [0.2, 0.25) is 0 Å². The molecule has 0 aromatic carbocycles. The van der Waals surface area contributed by atoms with E-state index >= 15 is 0 Å². The third-order valence-electron chi connectivity index (χ3n) is 2.55. The Labute approximate surface area is 101 Å². The normalized spacial score (nSPS) is 24.0. The lowest BCUT2D eigenvalue weighted by Crippen LogP contribution is -2.21. The van der Waals surface area contributed by atoms with E-state index in [1.165, 1.54) is 17.1 Å². The Balaban J connectivity index is 1.90. The van der Waals surface area contributed by atoms with Gasteiger partial charge in [0.05, 0.1) is 9.89 Å². The summed E-state index contributed by atoms with van der Waals surface area (Å²) >= 11 is 7.12. The van der Waals surface area contributed by atoms with Crippen LogP contribution in [-0.4, -0.2) is 22.7 Å². The number of thioether (sulfide) groups is 1. The number of hydrogen-bond donors (Lipinski definition) is 1. The third-order valence-corrected chi connectivity index (χ3v) is 5.38. The quantitative estimate of drug-likeness (QED) is 0.923. The molecule has 4 heteroatoms. The van der Waals surface area contributed by atoms with Gasteiger partial charge in [-0.3, -0.25) is 0 Å². The Morgan fingerprint density at radius 3 is 3.00 bits per heavy atom. The summed E-state index contributed by atoms with van der Waals surface area (Å²) in [5.74, 6) is 2.87. The van der Waals surface area contributed by atoms with Crippen molar-refractivity contribution in [2.24, 2.45) is 5.92 Å². The molecule has 0 aliphatic carbocycles. The highest BCUT2D eigenvalue weighted by atomic mass is 79.9. The van der Waals surface area contributed by atoms with Crippen molar-refractivity contribution >= 4 is 39.0 Å². The molecular formula is C10H13BrOS2. The van der Waals surface area contributed by atoms with Gasteiger partial charge in [-0.05, 0) is 51.9 Å². The second-order valence-corrected chi connectivity index (χ2v) is 7.30. The lowest BCUT2D eigenvalue weighted by molar-refractivity contribution is 0.121. The summed E-state index contributed by atoms with van der Waals surface area (Å²) in [6.07, 6.45) is 1.86. The predicted molar refractivity (Wildman–Crippen MR) is 67.2 cm³/mol. The van der Waals surface area contributed by atoms with Crippen LogP contribution in [0.2, 0.25) is 0 Å². The molecule has 1 aromatic rings. The predicted octanol–water partition coefficient (Wildman–Crippen LogP) is 3.17. The minimum atomic E-state index is -0.143. The van der Waals surface area contributed by atoms with Crippen molar-refractivity contribution in [3.05, 3.63) is 20.8 Å². The third kappa shape index (κ3) is 2.75. The summed E-state index contributed by atoms with van der Waals surface area (Å²) in [5, 5.41) is 9.99. The molecule has 1 aromatic heterocycles. The molecule has 78 valence electrons. The van der Waals surface area contributed by atoms with Crippen molar-refractivity contribution in [1.29, 1.82) is 0 Å². The minimum absolute atomic E-state index is 0.143. The Hall–Kier alpha value is 0.490. The van der Waals surface area contributed by atoms with Gasteiger partial charge in [0.15, 0.2) is 0 Å². The average molecular weight is 293 g/mol. The second-order valence-electron chi connectivity index (χ2n) is 3.60. The van der Waals surface area contributed by atoms with E-state index < -0.39 is 0 Å². The van der Waals surface area contributed by atoms with E-state index in [-0.39, 0.29) is 6.10 Å². The zero-order valence-electron chi connectivity index (χ0n) is 7.78. The molecule has 1 aliphatic rings. The van der Waals surface area contributed by atoms with E-state index in [0.717, 1.165) is 16.0 Å². The first kappa shape index (κ1) is 11.0. The molecular weight excluding hydrogens is 280 g/mol. The van der Waals surface area contributed by atoms with Crippen LogP contribution in [0, 0.1) is 5.92 Å². The molecule has 2 unspecified atom stereocenters. The summed E-state index contributed by atoms with van der Waals surface area (Å²) in [7, 11) is 0. The summed E-state index contributed by atoms with van der Waals surface area (Å²) in [4.78, 5) is 1.28. The summed E-state index contributed by atoms with van der Waals surface area (Å²) < 4.78 is 1.15. The van der Waals surface area contributed by atoms with Crippen LogP contribution < -0.4 is 0 Å². The number of rotatable bonds is 3. The Morgan fingerprint density at radius 1 is 1.57 bits per heavy atom. The van der Waals surface area contributed by atoms with Crippen LogP contribution in [0.1, 0.15) is 11.3 Å². The standard InChI is InChI=1S/C10H13BrOS2/c11-10-2-1-8(14-10)5-9(12)7-3-4-13-6-7/h1-2,7,9,12H,3-6H2. The lowest BCUT2D eigenvalue weighted by atomic mass is 9.99. The lowest BCUT2D eigenvalue weighted by Gasteiger charge is -2.15. The van der Waals surface area contributed by atoms with E-state index in [4.69, 9.17) is 0 Å². The highest BCUT2D eigenvalue weighted by Crippen LogP contribution is 2.30. The molecule has 1 fully saturated rings. The van der Waals surface area contributed by atoms with Gasteiger partial charge in [0, 0.05) is 11.3 Å². The molecule has 0 radical (unpaired) electrons. The zero-order chi connectivity index (χ0) is 9.97. The Bertz CT molecular complexity index is 294. The largest absolute Gasteiger partial charge is 0.392 e. The SMILES string of the molecule is OC(Cc1ccc(Br)s1)C1CCSC1. The monoisotopic (exact) mass is 292 g/mol. The Morgan fingerprint density at radius 2 is 2.43 bits per heavy atom. The van der Waals surface area contributed by atoms with Gasteiger partial charge < -0.3 is 5.11 Å². The number of aliphatic hydroxyl groups excluding tert-OH is 1. The average Bonchev–Trinajstić information content (AvgIpc) is 2.75. The topological polar surface area (TPSA) is 20.2 Å². The number of halogens is 1. The van der Waals surface area contributed by atoms with Gasteiger partial charge in [-0.25, -0.2) is 0 Å². The van der Waals surface area contributed by atoms with Gasteiger partial charge in [0.25, 0.3) is 0 Å². The first-order chi connectivity index (χ1) is 6.75. The molecule has 1 aliphatic heterocycles. The van der Waals surface area contributed by atoms with Crippen molar-refractivity contribution in [3.63, 3.8) is 0 Å². The first-order valence-corrected chi connectivity index (χ1v) is 7.52. The van der Waals surface area contributed by atoms with Gasteiger partial charge in [0.1, 0.15) is 0 Å². The van der Waals surface area contributed by atoms with E-state index in [0.29, 0.717) is 5.92 Å². The van der Waals surface area contributed by atoms with Gasteiger partial charge in [-0.1, -0.05) is 0 Å². The molecule has 0 saturated carbocycles. The molecule has 2 rings (SSSR count). The summed E-state index contributed by atoms with van der Waals surface area (Å²) in [6, 6.07) is 4.15. The van der Waals surface area contributed by atoms with Crippen molar-refractivity contribution in [1.82, 2.24) is 0 Å². The van der Waals surface area contributed by atoms with Crippen LogP contribution in [0.4, 0.5) is 0 Å². The number of thiophene rings is 1. The smallest absolute Gasteiger partial charge is 0.0701 e. The van der Waals surface area contributed by atoms with Crippen molar-refractivity contribution < 1.29 is 5.11 Å². The molecule has 1 N–H and O–H groups in total. The maximum Gasteiger partial charge on any atom is 0.0701 e. The van der Waals surface area contributed by atoms with Gasteiger partial charge >= 0.3 is 0 Å². The van der Waals surface area contributed by atoms with Crippen LogP contribution in [0.25, 0.3) is 0 Å². The molecule has 1 nitrogen and oxygen atoms in total. The number of hydrogen-bond acceptors (Lipinski definition) is 3. The zero-order valence-corrected chi connectivity index (χ0v) is 11.0. The van der Waals surface area contributed by atoms with Crippen molar-refractivity contribution in [2.45, 2.75) is 18.9 Å². The molecule has 2 heterocycles. The fourth-order valence-electron chi connectivity index (χ4n) is 1.69. The fourth-order valence-corrected chi connectivity index (χ4v) is 4.55. The highest BCUT2D eigenvalue weighted by molar-refractivity contribution is 9.11. The van der Waals surface area contributed by atoms with Crippen molar-refractivity contribution in [2.75, 3.05) is 11.5 Å². The van der Waals surface area contributed by atoms with Crippen LogP contribution in [0.5, 0.6) is 0 Å². The molecule has 14 heavy (non-hydrogen) atoms. The van der Waals surface area contributed by atoms with E-state index in [1.54, 1.807) is 11.3 Å². The van der Waals surface area contributed by atoms with Crippen molar-refractivity contribution in [3.8, 4) is 0 Å². The van der Waals surface area contributed by atoms with E-state index in [1.807, 2.05) is 11.8 Å². The first-order valence-electron chi connectivity index (χ1n) is 4.76. The van der Waals surface area contributed by atoms with Crippen LogP contribution >= 0.6 is 39.0 Å². The molecule has 0 bridgehead atoms. The van der Waals surface area contributed by atoms with E-state index in [2.05, 4.69) is 28.1 Å². The maximum absolute atomic E-state index is 9.99. The maximum atomic E-state index is 9.99. The second kappa shape index (κ2) is 5.01. The fraction of sp³-hybridized carbons (Fsp3) is 0.600. The Kier molecular flexibility index (Phi) is 3.93. The molecule has 0 amide bonds. The molecule has 2 atom stereocenters. The van der Waals surface area contributed by atoms with Gasteiger partial charge in [-0.15, -0.1) is 11.3 Å². The van der Waals surface area contributed by atoms with Crippen LogP contribution in [-0.2, 0) is 6.42 Å². The van der Waals surface area contributed by atoms with Crippen LogP contribution in [0.15, 0.2) is 15.9 Å². The molecule has 1 saturated heterocycles. The summed E-state index contributed by atoms with van der Waals surface area (Å²) in [6.45, 7) is 0. The minimum Gasteiger partial charge on any atom is -0.392 e. The highest BCUT2D eigenvalue weighted by Gasteiger charge is 2.23.